The van der Waals surface area contributed by atoms with Crippen LogP contribution >= 0.6 is 0 Å². The van der Waals surface area contributed by atoms with Crippen LogP contribution in [0.2, 0.25) is 0 Å². The molecule has 0 saturated carbocycles. The maximum absolute atomic E-state index is 14.7. The third-order valence-corrected chi connectivity index (χ3v) is 5.48. The summed E-state index contributed by atoms with van der Waals surface area (Å²) in [6.45, 7) is 4.11. The van der Waals surface area contributed by atoms with Gasteiger partial charge in [-0.05, 0) is 55.3 Å². The van der Waals surface area contributed by atoms with Crippen LogP contribution in [0.5, 0.6) is 5.75 Å². The highest BCUT2D eigenvalue weighted by atomic mass is 19.1. The molecule has 0 radical (unpaired) electrons. The number of carbonyl (C=O) groups is 2. The number of nitrogens with zero attached hydrogens (tertiary/aromatic N) is 1. The Morgan fingerprint density at radius 3 is 2.39 bits per heavy atom. The van der Waals surface area contributed by atoms with Gasteiger partial charge < -0.3 is 9.84 Å². The number of benzene rings is 3. The van der Waals surface area contributed by atoms with E-state index in [1.165, 1.54) is 0 Å². The lowest BCUT2D eigenvalue weighted by molar-refractivity contribution is -0.132. The van der Waals surface area contributed by atoms with E-state index in [-0.39, 0.29) is 11.3 Å². The van der Waals surface area contributed by atoms with Crippen molar-refractivity contribution in [3.05, 3.63) is 101 Å². The van der Waals surface area contributed by atoms with Gasteiger partial charge in [0.1, 0.15) is 23.1 Å². The van der Waals surface area contributed by atoms with Gasteiger partial charge in [0, 0.05) is 11.6 Å². The Morgan fingerprint density at radius 2 is 1.76 bits per heavy atom. The minimum atomic E-state index is -1.10. The van der Waals surface area contributed by atoms with Crippen LogP contribution in [-0.4, -0.2) is 23.4 Å². The maximum Gasteiger partial charge on any atom is 0.300 e. The summed E-state index contributed by atoms with van der Waals surface area (Å²) in [5.74, 6) is -3.54. The van der Waals surface area contributed by atoms with E-state index in [0.29, 0.717) is 29.5 Å². The van der Waals surface area contributed by atoms with Crippen molar-refractivity contribution in [1.29, 1.82) is 0 Å². The first-order valence-electron chi connectivity index (χ1n) is 10.4. The predicted molar refractivity (Wildman–Crippen MR) is 120 cm³/mol. The number of aryl methyl sites for hydroxylation is 1. The Balaban J connectivity index is 1.92. The average Bonchev–Trinajstić information content (AvgIpc) is 3.06. The van der Waals surface area contributed by atoms with Crippen LogP contribution in [0.25, 0.3) is 5.76 Å². The van der Waals surface area contributed by atoms with Gasteiger partial charge in [-0.15, -0.1) is 0 Å². The van der Waals surface area contributed by atoms with Crippen molar-refractivity contribution < 1.29 is 28.2 Å². The third kappa shape index (κ3) is 3.98. The topological polar surface area (TPSA) is 66.8 Å². The van der Waals surface area contributed by atoms with Gasteiger partial charge in [0.05, 0.1) is 23.9 Å². The van der Waals surface area contributed by atoms with Crippen LogP contribution < -0.4 is 9.64 Å². The molecule has 1 amide bonds. The average molecular weight is 449 g/mol. The van der Waals surface area contributed by atoms with Crippen molar-refractivity contribution in [1.82, 2.24) is 0 Å². The van der Waals surface area contributed by atoms with Crippen LogP contribution in [0.15, 0.2) is 72.3 Å². The van der Waals surface area contributed by atoms with Crippen molar-refractivity contribution in [2.75, 3.05) is 11.5 Å². The normalized spacial score (nSPS) is 17.5. The van der Waals surface area contributed by atoms with E-state index in [1.807, 2.05) is 6.92 Å². The van der Waals surface area contributed by atoms with Gasteiger partial charge in [-0.3, -0.25) is 14.5 Å². The van der Waals surface area contributed by atoms with E-state index in [4.69, 9.17) is 4.74 Å². The molecule has 1 N–H and O–H groups in total. The lowest BCUT2D eigenvalue weighted by Crippen LogP contribution is -2.30. The first-order chi connectivity index (χ1) is 15.8. The van der Waals surface area contributed by atoms with Crippen LogP contribution in [0.4, 0.5) is 14.5 Å². The summed E-state index contributed by atoms with van der Waals surface area (Å²) in [5, 5.41) is 11.1. The Kier molecular flexibility index (Phi) is 5.96. The van der Waals surface area contributed by atoms with E-state index in [9.17, 15) is 23.5 Å². The quantitative estimate of drug-likeness (QED) is 0.326. The highest BCUT2D eigenvalue weighted by molar-refractivity contribution is 6.51. The second kappa shape index (κ2) is 8.86. The lowest BCUT2D eigenvalue weighted by atomic mass is 9.94. The zero-order valence-corrected chi connectivity index (χ0v) is 18.0. The first-order valence-corrected chi connectivity index (χ1v) is 10.4. The highest BCUT2D eigenvalue weighted by Crippen LogP contribution is 2.43. The lowest BCUT2D eigenvalue weighted by Gasteiger charge is -2.25. The van der Waals surface area contributed by atoms with Gasteiger partial charge in [-0.25, -0.2) is 8.78 Å². The molecule has 1 aliphatic rings. The number of aliphatic hydroxyl groups excluding tert-OH is 1. The monoisotopic (exact) mass is 449 g/mol. The Labute approximate surface area is 189 Å². The molecule has 0 aromatic heterocycles. The Morgan fingerprint density at radius 1 is 1.03 bits per heavy atom. The summed E-state index contributed by atoms with van der Waals surface area (Å²) in [6.07, 6.45) is 0. The molecule has 3 aromatic carbocycles. The van der Waals surface area contributed by atoms with Crippen molar-refractivity contribution in [2.24, 2.45) is 0 Å². The predicted octanol–water partition coefficient (Wildman–Crippen LogP) is 5.30. The van der Waals surface area contributed by atoms with Crippen LogP contribution in [0.3, 0.4) is 0 Å². The summed E-state index contributed by atoms with van der Waals surface area (Å²) >= 11 is 0. The van der Waals surface area contributed by atoms with E-state index in [1.54, 1.807) is 55.5 Å². The van der Waals surface area contributed by atoms with Gasteiger partial charge in [0.15, 0.2) is 0 Å². The van der Waals surface area contributed by atoms with Gasteiger partial charge in [-0.1, -0.05) is 30.3 Å². The number of halogens is 2. The molecular formula is C26H21F2NO4. The molecule has 1 aliphatic heterocycles. The molecule has 1 fully saturated rings. The van der Waals surface area contributed by atoms with Crippen LogP contribution in [0, 0.1) is 18.6 Å². The van der Waals surface area contributed by atoms with Crippen molar-refractivity contribution in [3.8, 4) is 5.75 Å². The fourth-order valence-electron chi connectivity index (χ4n) is 3.98. The number of carbonyl (C=O) groups excluding carboxylic acids is 2. The number of ketones is 1. The van der Waals surface area contributed by atoms with E-state index in [2.05, 4.69) is 0 Å². The molecule has 4 rings (SSSR count). The number of ether oxygens (including phenoxy) is 1. The van der Waals surface area contributed by atoms with Crippen molar-refractivity contribution >= 4 is 23.1 Å². The molecule has 1 heterocycles. The summed E-state index contributed by atoms with van der Waals surface area (Å²) in [5.41, 5.74) is 1.10. The molecule has 1 saturated heterocycles. The largest absolute Gasteiger partial charge is 0.507 e. The maximum atomic E-state index is 14.7. The van der Waals surface area contributed by atoms with Gasteiger partial charge >= 0.3 is 0 Å². The number of aliphatic hydroxyl groups is 1. The fraction of sp³-hybridized carbons (Fsp3) is 0.154. The standard InChI is InChI=1S/C26H21F2NO4/c1-3-33-21-12-9-17(13-15(21)2)24(30)22-23(16-7-5-4-6-8-16)29(26(32)25(22)31)20-11-10-18(27)14-19(20)28/h4-14,23,30H,3H2,1-2H3/b24-22+. The van der Waals surface area contributed by atoms with Crippen LogP contribution in [-0.2, 0) is 9.59 Å². The zero-order chi connectivity index (χ0) is 23.7. The number of amides is 1. The fourth-order valence-corrected chi connectivity index (χ4v) is 3.98. The molecule has 0 spiro atoms. The van der Waals surface area contributed by atoms with E-state index >= 15 is 0 Å². The molecule has 1 atom stereocenters. The molecule has 5 nitrogen and oxygen atoms in total. The smallest absolute Gasteiger partial charge is 0.300 e. The second-order valence-corrected chi connectivity index (χ2v) is 7.59. The van der Waals surface area contributed by atoms with Crippen LogP contribution in [0.1, 0.15) is 29.7 Å². The van der Waals surface area contributed by atoms with E-state index < -0.39 is 35.1 Å². The summed E-state index contributed by atoms with van der Waals surface area (Å²) in [6, 6.07) is 15.1. The first kappa shape index (κ1) is 22.2. The Bertz CT molecular complexity index is 1270. The number of rotatable bonds is 5. The minimum Gasteiger partial charge on any atom is -0.507 e. The Hall–Kier alpha value is -4.00. The third-order valence-electron chi connectivity index (χ3n) is 5.48. The minimum absolute atomic E-state index is 0.182. The SMILES string of the molecule is CCOc1ccc(/C(O)=C2\C(=O)C(=O)N(c3ccc(F)cc3F)C2c2ccccc2)cc1C. The molecule has 7 heteroatoms. The number of anilines is 1. The number of hydrogen-bond acceptors (Lipinski definition) is 4. The zero-order valence-electron chi connectivity index (χ0n) is 18.0. The molecule has 3 aromatic rings. The van der Waals surface area contributed by atoms with Gasteiger partial charge in [-0.2, -0.15) is 0 Å². The van der Waals surface area contributed by atoms with Gasteiger partial charge in [0.2, 0.25) is 0 Å². The molecular weight excluding hydrogens is 428 g/mol. The van der Waals surface area contributed by atoms with Gasteiger partial charge in [0.25, 0.3) is 11.7 Å². The van der Waals surface area contributed by atoms with Crippen molar-refractivity contribution in [3.63, 3.8) is 0 Å². The highest BCUT2D eigenvalue weighted by Gasteiger charge is 2.47. The molecule has 0 aliphatic carbocycles. The molecule has 168 valence electrons. The molecule has 0 bridgehead atoms. The number of Topliss-reactive ketones (excluding diaryl/α,β-unsaturated/α-hetero) is 1. The molecule has 1 unspecified atom stereocenters. The molecule has 33 heavy (non-hydrogen) atoms. The van der Waals surface area contributed by atoms with E-state index in [0.717, 1.165) is 22.6 Å². The second-order valence-electron chi connectivity index (χ2n) is 7.59. The summed E-state index contributed by atoms with van der Waals surface area (Å²) < 4.78 is 33.7. The summed E-state index contributed by atoms with van der Waals surface area (Å²) in [7, 11) is 0. The van der Waals surface area contributed by atoms with Crippen molar-refractivity contribution in [2.45, 2.75) is 19.9 Å². The summed E-state index contributed by atoms with van der Waals surface area (Å²) in [4.78, 5) is 27.1. The number of hydrogen-bond donors (Lipinski definition) is 1.